The van der Waals surface area contributed by atoms with Crippen LogP contribution in [0.15, 0.2) is 34.9 Å². The highest BCUT2D eigenvalue weighted by Gasteiger charge is 2.08. The van der Waals surface area contributed by atoms with Crippen molar-refractivity contribution in [1.82, 2.24) is 0 Å². The van der Waals surface area contributed by atoms with Crippen molar-refractivity contribution in [3.8, 4) is 0 Å². The molecule has 18 heavy (non-hydrogen) atoms. The van der Waals surface area contributed by atoms with Crippen LogP contribution in [0.3, 0.4) is 0 Å². The second kappa shape index (κ2) is 9.19. The summed E-state index contributed by atoms with van der Waals surface area (Å²) in [5.74, 6) is 0.698. The van der Waals surface area contributed by atoms with E-state index in [0.29, 0.717) is 5.92 Å². The minimum Gasteiger partial charge on any atom is -0.0958 e. The lowest BCUT2D eigenvalue weighted by molar-refractivity contribution is 0.640. The molecule has 104 valence electrons. The van der Waals surface area contributed by atoms with E-state index >= 15 is 0 Å². The van der Waals surface area contributed by atoms with Gasteiger partial charge in [0.1, 0.15) is 0 Å². The van der Waals surface area contributed by atoms with Gasteiger partial charge in [0.15, 0.2) is 0 Å². The molecule has 0 aromatic heterocycles. The lowest BCUT2D eigenvalue weighted by Gasteiger charge is -2.16. The lowest BCUT2D eigenvalue weighted by atomic mass is 9.90. The normalized spacial score (nSPS) is 13.8. The van der Waals surface area contributed by atoms with E-state index < -0.39 is 0 Å². The molecule has 0 saturated heterocycles. The molecule has 0 radical (unpaired) electrons. The van der Waals surface area contributed by atoms with Gasteiger partial charge < -0.3 is 0 Å². The zero-order valence-corrected chi connectivity index (χ0v) is 13.4. The topological polar surface area (TPSA) is 0 Å². The highest BCUT2D eigenvalue weighted by molar-refractivity contribution is 5.39. The average Bonchev–Trinajstić information content (AvgIpc) is 2.25. The molecule has 0 aromatic carbocycles. The fourth-order valence-corrected chi connectivity index (χ4v) is 2.33. The Morgan fingerprint density at radius 1 is 1.06 bits per heavy atom. The Kier molecular flexibility index (Phi) is 8.79. The molecule has 0 spiro atoms. The number of allylic oxidation sites excluding steroid dienone is 5. The van der Waals surface area contributed by atoms with Gasteiger partial charge in [-0.05, 0) is 50.2 Å². The Balaban J connectivity index is 5.32. The van der Waals surface area contributed by atoms with Crippen molar-refractivity contribution in [1.29, 1.82) is 0 Å². The summed E-state index contributed by atoms with van der Waals surface area (Å²) < 4.78 is 0. The molecule has 0 aromatic rings. The molecular formula is C18H32. The molecule has 0 nitrogen and oxygen atoms in total. The second-order valence-electron chi connectivity index (χ2n) is 5.87. The maximum atomic E-state index is 4.18. The van der Waals surface area contributed by atoms with Crippen molar-refractivity contribution in [2.45, 2.75) is 73.6 Å². The predicted molar refractivity (Wildman–Crippen MR) is 84.9 cm³/mol. The van der Waals surface area contributed by atoms with E-state index in [1.165, 1.54) is 48.0 Å². The van der Waals surface area contributed by atoms with Crippen LogP contribution >= 0.6 is 0 Å². The van der Waals surface area contributed by atoms with Crippen molar-refractivity contribution in [3.05, 3.63) is 34.9 Å². The molecule has 0 rings (SSSR count). The zero-order chi connectivity index (χ0) is 14.1. The van der Waals surface area contributed by atoms with E-state index in [0.717, 1.165) is 6.42 Å². The molecule has 0 aliphatic heterocycles. The molecule has 0 fully saturated rings. The first-order valence-corrected chi connectivity index (χ1v) is 7.47. The van der Waals surface area contributed by atoms with Crippen LogP contribution in [0, 0.1) is 5.92 Å². The summed E-state index contributed by atoms with van der Waals surface area (Å²) in [6, 6.07) is 0. The molecule has 0 saturated carbocycles. The molecule has 0 unspecified atom stereocenters. The Bertz CT molecular complexity index is 313. The third kappa shape index (κ3) is 6.83. The maximum Gasteiger partial charge on any atom is -0.0250 e. The molecule has 0 heterocycles. The van der Waals surface area contributed by atoms with E-state index in [1.54, 1.807) is 0 Å². The Morgan fingerprint density at radius 2 is 1.61 bits per heavy atom. The van der Waals surface area contributed by atoms with Crippen molar-refractivity contribution in [3.63, 3.8) is 0 Å². The summed E-state index contributed by atoms with van der Waals surface area (Å²) in [5.41, 5.74) is 5.75. The Hall–Kier alpha value is -0.780. The van der Waals surface area contributed by atoms with E-state index in [2.05, 4.69) is 54.2 Å². The summed E-state index contributed by atoms with van der Waals surface area (Å²) in [6.07, 6.45) is 8.39. The first-order chi connectivity index (χ1) is 8.42. The van der Waals surface area contributed by atoms with Crippen LogP contribution < -0.4 is 0 Å². The fraction of sp³-hybridized carbons (Fsp3) is 0.667. The minimum atomic E-state index is 0.698. The summed E-state index contributed by atoms with van der Waals surface area (Å²) in [4.78, 5) is 0. The van der Waals surface area contributed by atoms with Crippen LogP contribution in [-0.4, -0.2) is 0 Å². The van der Waals surface area contributed by atoms with Crippen LogP contribution in [0.25, 0.3) is 0 Å². The smallest absolute Gasteiger partial charge is 0.0250 e. The quantitative estimate of drug-likeness (QED) is 0.433. The molecule has 0 heteroatoms. The summed E-state index contributed by atoms with van der Waals surface area (Å²) >= 11 is 0. The lowest BCUT2D eigenvalue weighted by Crippen LogP contribution is -1.98. The Morgan fingerprint density at radius 3 is 2.00 bits per heavy atom. The third-order valence-corrected chi connectivity index (χ3v) is 3.10. The van der Waals surface area contributed by atoms with Crippen molar-refractivity contribution >= 4 is 0 Å². The number of hydrogen-bond acceptors (Lipinski definition) is 0. The second-order valence-corrected chi connectivity index (χ2v) is 5.87. The third-order valence-electron chi connectivity index (χ3n) is 3.10. The highest BCUT2D eigenvalue weighted by Crippen LogP contribution is 2.26. The van der Waals surface area contributed by atoms with Crippen molar-refractivity contribution in [2.75, 3.05) is 0 Å². The molecule has 0 aliphatic rings. The van der Waals surface area contributed by atoms with Gasteiger partial charge in [-0.1, -0.05) is 64.3 Å². The van der Waals surface area contributed by atoms with Crippen molar-refractivity contribution < 1.29 is 0 Å². The van der Waals surface area contributed by atoms with E-state index in [-0.39, 0.29) is 0 Å². The first-order valence-electron chi connectivity index (χ1n) is 7.47. The van der Waals surface area contributed by atoms with E-state index in [1.807, 2.05) is 0 Å². The van der Waals surface area contributed by atoms with Gasteiger partial charge in [0.25, 0.3) is 0 Å². The Labute approximate surface area is 115 Å². The summed E-state index contributed by atoms with van der Waals surface area (Å²) in [6.45, 7) is 17.7. The van der Waals surface area contributed by atoms with Crippen LogP contribution in [-0.2, 0) is 0 Å². The molecule has 0 N–H and O–H groups in total. The highest BCUT2D eigenvalue weighted by atomic mass is 14.1. The van der Waals surface area contributed by atoms with Crippen molar-refractivity contribution in [2.24, 2.45) is 5.92 Å². The SMILES string of the molecule is C=C(C)/C(CC(C)C)=C(\C=C(/C)CCC)CCC. The van der Waals surface area contributed by atoms with Gasteiger partial charge in [0, 0.05) is 0 Å². The van der Waals surface area contributed by atoms with Crippen LogP contribution in [0.4, 0.5) is 0 Å². The fourth-order valence-electron chi connectivity index (χ4n) is 2.33. The molecule has 0 bridgehead atoms. The zero-order valence-electron chi connectivity index (χ0n) is 13.4. The van der Waals surface area contributed by atoms with E-state index in [4.69, 9.17) is 0 Å². The van der Waals surface area contributed by atoms with Crippen LogP contribution in [0.5, 0.6) is 0 Å². The summed E-state index contributed by atoms with van der Waals surface area (Å²) in [5, 5.41) is 0. The monoisotopic (exact) mass is 248 g/mol. The summed E-state index contributed by atoms with van der Waals surface area (Å²) in [7, 11) is 0. The standard InChI is InChI=1S/C18H32/c1-8-10-16(7)13-17(11-9-2)18(15(5)6)12-14(3)4/h13-14H,5,8-12H2,1-4,6-7H3/b16-13+,18-17-. The van der Waals surface area contributed by atoms with E-state index in [9.17, 15) is 0 Å². The molecular weight excluding hydrogens is 216 g/mol. The first kappa shape index (κ1) is 17.2. The van der Waals surface area contributed by atoms with Gasteiger partial charge in [-0.25, -0.2) is 0 Å². The van der Waals surface area contributed by atoms with Gasteiger partial charge in [-0.2, -0.15) is 0 Å². The number of rotatable bonds is 8. The largest absolute Gasteiger partial charge is 0.0958 e. The molecule has 0 amide bonds. The van der Waals surface area contributed by atoms with Gasteiger partial charge >= 0.3 is 0 Å². The van der Waals surface area contributed by atoms with Gasteiger partial charge in [0.05, 0.1) is 0 Å². The van der Waals surface area contributed by atoms with Gasteiger partial charge in [0.2, 0.25) is 0 Å². The molecule has 0 atom stereocenters. The van der Waals surface area contributed by atoms with Crippen LogP contribution in [0.2, 0.25) is 0 Å². The minimum absolute atomic E-state index is 0.698. The predicted octanol–water partition coefficient (Wildman–Crippen LogP) is 6.45. The average molecular weight is 248 g/mol. The van der Waals surface area contributed by atoms with Gasteiger partial charge in [-0.15, -0.1) is 0 Å². The maximum absolute atomic E-state index is 4.18. The van der Waals surface area contributed by atoms with Crippen LogP contribution in [0.1, 0.15) is 73.6 Å². The molecule has 0 aliphatic carbocycles. The van der Waals surface area contributed by atoms with Gasteiger partial charge in [-0.3, -0.25) is 0 Å². The number of hydrogen-bond donors (Lipinski definition) is 0.